The number of hydrogen-bond donors (Lipinski definition) is 2. The molecule has 0 fully saturated rings. The molecule has 0 aliphatic heterocycles. The number of aromatic hydroxyl groups is 1. The summed E-state index contributed by atoms with van der Waals surface area (Å²) in [6, 6.07) is 4.17. The van der Waals surface area contributed by atoms with Crippen molar-refractivity contribution < 1.29 is 15.0 Å². The Bertz CT molecular complexity index is 296. The van der Waals surface area contributed by atoms with Gasteiger partial charge >= 0.3 is 72.4 Å². The first-order valence-electron chi connectivity index (χ1n) is 3.14. The Hall–Kier alpha value is -0.913. The second-order valence-electron chi connectivity index (χ2n) is 2.31. The van der Waals surface area contributed by atoms with Crippen molar-refractivity contribution in [3.05, 3.63) is 23.8 Å². The summed E-state index contributed by atoms with van der Waals surface area (Å²) >= 11 is 1.65. The van der Waals surface area contributed by atoms with E-state index >= 15 is 0 Å². The SMILES string of the molecule is [Li][c]1cc(C(=O)O)ccc1O. The van der Waals surface area contributed by atoms with Gasteiger partial charge in [-0.15, -0.1) is 0 Å². The van der Waals surface area contributed by atoms with Crippen LogP contribution in [0.2, 0.25) is 0 Å². The predicted octanol–water partition coefficient (Wildman–Crippen LogP) is -0.116. The maximum atomic E-state index is 10.4. The molecule has 52 valence electrons. The molecule has 0 amide bonds. The molecule has 0 atom stereocenters. The first kappa shape index (κ1) is 8.19. The molecular formula is C7H5LiO3. The Morgan fingerprint density at radius 1 is 1.45 bits per heavy atom. The first-order chi connectivity index (χ1) is 5.11. The van der Waals surface area contributed by atoms with Crippen molar-refractivity contribution in [2.75, 3.05) is 0 Å². The van der Waals surface area contributed by atoms with Crippen LogP contribution in [0.4, 0.5) is 0 Å². The second kappa shape index (κ2) is 2.99. The van der Waals surface area contributed by atoms with E-state index in [1.807, 2.05) is 0 Å². The molecule has 1 rings (SSSR count). The van der Waals surface area contributed by atoms with Gasteiger partial charge < -0.3 is 0 Å². The van der Waals surface area contributed by atoms with Gasteiger partial charge in [0.25, 0.3) is 0 Å². The normalized spacial score (nSPS) is 9.64. The van der Waals surface area contributed by atoms with Gasteiger partial charge in [-0.2, -0.15) is 0 Å². The zero-order chi connectivity index (χ0) is 8.43. The summed E-state index contributed by atoms with van der Waals surface area (Å²) in [4.78, 5) is 10.4. The topological polar surface area (TPSA) is 57.5 Å². The summed E-state index contributed by atoms with van der Waals surface area (Å²) in [6.45, 7) is 0. The van der Waals surface area contributed by atoms with Crippen LogP contribution in [0.3, 0.4) is 0 Å². The standard InChI is InChI=1S/C7H5O3.Li/c8-6-3-1-5(2-4-6)7(9)10;/h1-3,8H,(H,9,10);. The second-order valence-corrected chi connectivity index (χ2v) is 2.31. The van der Waals surface area contributed by atoms with E-state index in [1.165, 1.54) is 18.2 Å². The number of benzene rings is 1. The van der Waals surface area contributed by atoms with Gasteiger partial charge in [0.15, 0.2) is 0 Å². The Kier molecular flexibility index (Phi) is 2.23. The molecule has 0 spiro atoms. The average molecular weight is 144 g/mol. The van der Waals surface area contributed by atoms with Gasteiger partial charge in [-0.25, -0.2) is 0 Å². The molecule has 1 aromatic rings. The van der Waals surface area contributed by atoms with E-state index < -0.39 is 5.97 Å². The molecule has 0 aliphatic rings. The molecule has 3 nitrogen and oxygen atoms in total. The minimum atomic E-state index is -0.979. The molecule has 0 saturated heterocycles. The fourth-order valence-corrected chi connectivity index (χ4v) is 0.788. The summed E-state index contributed by atoms with van der Waals surface area (Å²) in [6.07, 6.45) is 0. The van der Waals surface area contributed by atoms with E-state index in [9.17, 15) is 4.79 Å². The summed E-state index contributed by atoms with van der Waals surface area (Å²) in [7, 11) is 0. The zero-order valence-corrected chi connectivity index (χ0v) is 6.03. The minimum absolute atomic E-state index is 0.120. The van der Waals surface area contributed by atoms with E-state index in [0.29, 0.717) is 4.24 Å². The van der Waals surface area contributed by atoms with Crippen molar-refractivity contribution in [1.29, 1.82) is 0 Å². The fourth-order valence-electron chi connectivity index (χ4n) is 0.788. The number of rotatable bonds is 1. The quantitative estimate of drug-likeness (QED) is 0.540. The van der Waals surface area contributed by atoms with Crippen LogP contribution in [-0.2, 0) is 0 Å². The van der Waals surface area contributed by atoms with Crippen LogP contribution >= 0.6 is 0 Å². The van der Waals surface area contributed by atoms with E-state index in [2.05, 4.69) is 0 Å². The van der Waals surface area contributed by atoms with Gasteiger partial charge in [-0.3, -0.25) is 0 Å². The van der Waals surface area contributed by atoms with E-state index in [4.69, 9.17) is 10.2 Å². The van der Waals surface area contributed by atoms with Gasteiger partial charge in [0.2, 0.25) is 0 Å². The number of phenolic OH excluding ortho intramolecular Hbond substituents is 1. The molecule has 2 N–H and O–H groups in total. The molecule has 0 radical (unpaired) electrons. The average Bonchev–Trinajstić information content (AvgIpc) is 1.94. The van der Waals surface area contributed by atoms with E-state index in [0.717, 1.165) is 0 Å². The van der Waals surface area contributed by atoms with Crippen LogP contribution in [-0.4, -0.2) is 33.9 Å². The number of carboxylic acid groups (broad SMARTS) is 1. The van der Waals surface area contributed by atoms with E-state index in [-0.39, 0.29) is 11.3 Å². The Morgan fingerprint density at radius 3 is 2.55 bits per heavy atom. The zero-order valence-electron chi connectivity index (χ0n) is 6.03. The summed E-state index contributed by atoms with van der Waals surface area (Å²) in [5.41, 5.74) is 0.195. The Balaban J connectivity index is 3.15. The van der Waals surface area contributed by atoms with Crippen molar-refractivity contribution in [1.82, 2.24) is 0 Å². The van der Waals surface area contributed by atoms with Crippen molar-refractivity contribution in [3.63, 3.8) is 0 Å². The molecule has 0 aromatic heterocycles. The van der Waals surface area contributed by atoms with Crippen molar-refractivity contribution in [3.8, 4) is 5.75 Å². The number of carboxylic acids is 1. The van der Waals surface area contributed by atoms with Crippen LogP contribution in [0.5, 0.6) is 5.75 Å². The molecule has 0 heterocycles. The van der Waals surface area contributed by atoms with Crippen LogP contribution in [0.1, 0.15) is 10.4 Å². The van der Waals surface area contributed by atoms with Gasteiger partial charge in [0.1, 0.15) is 0 Å². The summed E-state index contributed by atoms with van der Waals surface area (Å²) < 4.78 is 0.574. The van der Waals surface area contributed by atoms with Gasteiger partial charge in [-0.05, 0) is 0 Å². The van der Waals surface area contributed by atoms with Crippen LogP contribution in [0.15, 0.2) is 18.2 Å². The molecule has 11 heavy (non-hydrogen) atoms. The third-order valence-electron chi connectivity index (χ3n) is 1.44. The Morgan fingerprint density at radius 2 is 2.09 bits per heavy atom. The predicted molar refractivity (Wildman–Crippen MR) is 40.5 cm³/mol. The van der Waals surface area contributed by atoms with Gasteiger partial charge in [-0.1, -0.05) is 0 Å². The number of hydrogen-bond acceptors (Lipinski definition) is 2. The molecule has 0 unspecified atom stereocenters. The third-order valence-corrected chi connectivity index (χ3v) is 1.44. The summed E-state index contributed by atoms with van der Waals surface area (Å²) in [5, 5.41) is 17.6. The molecular weight excluding hydrogens is 139 g/mol. The van der Waals surface area contributed by atoms with Crippen LogP contribution in [0, 0.1) is 0 Å². The van der Waals surface area contributed by atoms with Crippen LogP contribution < -0.4 is 4.24 Å². The van der Waals surface area contributed by atoms with Gasteiger partial charge in [0, 0.05) is 0 Å². The summed E-state index contributed by atoms with van der Waals surface area (Å²) in [5.74, 6) is -0.858. The number of carbonyl (C=O) groups is 1. The van der Waals surface area contributed by atoms with Crippen LogP contribution in [0.25, 0.3) is 0 Å². The Labute approximate surface area is 72.9 Å². The molecule has 0 bridgehead atoms. The van der Waals surface area contributed by atoms with Crippen molar-refractivity contribution in [2.45, 2.75) is 0 Å². The molecule has 0 aliphatic carbocycles. The van der Waals surface area contributed by atoms with Gasteiger partial charge in [0.05, 0.1) is 0 Å². The number of phenols is 1. The number of aromatic carboxylic acids is 1. The molecule has 1 aromatic carbocycles. The first-order valence-corrected chi connectivity index (χ1v) is 3.14. The maximum absolute atomic E-state index is 10.4. The molecule has 0 saturated carbocycles. The third kappa shape index (κ3) is 1.76. The molecule has 4 heteroatoms. The monoisotopic (exact) mass is 144 g/mol. The van der Waals surface area contributed by atoms with E-state index in [1.54, 1.807) is 17.7 Å². The van der Waals surface area contributed by atoms with Crippen molar-refractivity contribution >= 4 is 27.9 Å². The van der Waals surface area contributed by atoms with Crippen molar-refractivity contribution in [2.24, 2.45) is 0 Å². The fraction of sp³-hybridized carbons (Fsp3) is 0.